The molecule has 1 heterocycles. The van der Waals surface area contributed by atoms with Crippen molar-refractivity contribution in [3.05, 3.63) is 18.3 Å². The zero-order valence-electron chi connectivity index (χ0n) is 10.5. The quantitative estimate of drug-likeness (QED) is 0.910. The van der Waals surface area contributed by atoms with Crippen molar-refractivity contribution in [2.24, 2.45) is 11.8 Å². The minimum absolute atomic E-state index is 0.140. The van der Waals surface area contributed by atoms with Gasteiger partial charge in [0.05, 0.1) is 11.9 Å². The number of aromatic nitrogens is 1. The lowest BCUT2D eigenvalue weighted by atomic mass is 9.95. The Kier molecular flexibility index (Phi) is 2.81. The number of nitrogens with one attached hydrogen (secondary N) is 1. The summed E-state index contributed by atoms with van der Waals surface area (Å²) < 4.78 is 22.6. The van der Waals surface area contributed by atoms with E-state index in [1.54, 1.807) is 12.3 Å². The fraction of sp³-hybridized carbons (Fsp3) is 0.615. The van der Waals surface area contributed by atoms with E-state index in [2.05, 4.69) is 10.3 Å². The molecule has 2 aliphatic rings. The molecule has 18 heavy (non-hydrogen) atoms. The molecular weight excluding hydrogens is 248 g/mol. The number of rotatable bonds is 3. The Morgan fingerprint density at radius 2 is 2.11 bits per heavy atom. The van der Waals surface area contributed by atoms with Gasteiger partial charge in [-0.1, -0.05) is 6.42 Å². The van der Waals surface area contributed by atoms with E-state index in [4.69, 9.17) is 0 Å². The fourth-order valence-electron chi connectivity index (χ4n) is 3.32. The Balaban J connectivity index is 1.71. The first-order valence-electron chi connectivity index (χ1n) is 6.45. The number of fused-ring (bicyclic) bond motifs is 2. The summed E-state index contributed by atoms with van der Waals surface area (Å²) in [4.78, 5) is 4.00. The molecule has 2 fully saturated rings. The number of anilines is 1. The van der Waals surface area contributed by atoms with E-state index >= 15 is 0 Å². The molecule has 0 aromatic carbocycles. The topological polar surface area (TPSA) is 59.1 Å². The standard InChI is InChI=1S/C13H18N2O2S/c1-18(16,17)13-5-4-11(8-14-13)15-12-7-9-2-3-10(12)6-9/h4-5,8-10,12,15H,2-3,6-7H2,1H3. The van der Waals surface area contributed by atoms with Crippen LogP contribution in [-0.4, -0.2) is 25.7 Å². The van der Waals surface area contributed by atoms with E-state index < -0.39 is 9.84 Å². The van der Waals surface area contributed by atoms with Gasteiger partial charge in [-0.3, -0.25) is 0 Å². The molecule has 2 aliphatic carbocycles. The fourth-order valence-corrected chi connectivity index (χ4v) is 3.88. The molecule has 1 aromatic rings. The molecule has 4 nitrogen and oxygen atoms in total. The normalized spacial score (nSPS) is 30.6. The van der Waals surface area contributed by atoms with Crippen molar-refractivity contribution in [1.29, 1.82) is 0 Å². The number of nitrogens with zero attached hydrogens (tertiary/aromatic N) is 1. The summed E-state index contributed by atoms with van der Waals surface area (Å²) in [6.07, 6.45) is 8.12. The Bertz CT molecular complexity index is 539. The van der Waals surface area contributed by atoms with Gasteiger partial charge in [-0.25, -0.2) is 13.4 Å². The Morgan fingerprint density at radius 3 is 2.61 bits per heavy atom. The summed E-state index contributed by atoms with van der Waals surface area (Å²) >= 11 is 0. The number of sulfone groups is 1. The Hall–Kier alpha value is -1.10. The minimum Gasteiger partial charge on any atom is -0.381 e. The van der Waals surface area contributed by atoms with Crippen molar-refractivity contribution >= 4 is 15.5 Å². The zero-order chi connectivity index (χ0) is 12.8. The monoisotopic (exact) mass is 266 g/mol. The van der Waals surface area contributed by atoms with E-state index in [-0.39, 0.29) is 5.03 Å². The summed E-state index contributed by atoms with van der Waals surface area (Å²) in [5, 5.41) is 3.63. The first-order chi connectivity index (χ1) is 8.52. The van der Waals surface area contributed by atoms with Crippen LogP contribution in [0.4, 0.5) is 5.69 Å². The zero-order valence-corrected chi connectivity index (χ0v) is 11.3. The Labute approximate surface area is 108 Å². The summed E-state index contributed by atoms with van der Waals surface area (Å²) in [5.74, 6) is 1.69. The second-order valence-corrected chi connectivity index (χ2v) is 7.55. The van der Waals surface area contributed by atoms with Crippen LogP contribution in [0.5, 0.6) is 0 Å². The minimum atomic E-state index is -3.19. The summed E-state index contributed by atoms with van der Waals surface area (Å²) in [6.45, 7) is 0. The first kappa shape index (κ1) is 12.0. The van der Waals surface area contributed by atoms with Crippen molar-refractivity contribution in [3.63, 3.8) is 0 Å². The molecular formula is C13H18N2O2S. The molecule has 2 bridgehead atoms. The third-order valence-electron chi connectivity index (χ3n) is 4.21. The van der Waals surface area contributed by atoms with Crippen LogP contribution in [0.25, 0.3) is 0 Å². The van der Waals surface area contributed by atoms with Crippen LogP contribution in [0.1, 0.15) is 25.7 Å². The SMILES string of the molecule is CS(=O)(=O)c1ccc(NC2CC3CCC2C3)cn1. The van der Waals surface area contributed by atoms with Crippen molar-refractivity contribution in [3.8, 4) is 0 Å². The average Bonchev–Trinajstić information content (AvgIpc) is 2.90. The lowest BCUT2D eigenvalue weighted by Gasteiger charge is -2.23. The maximum Gasteiger partial charge on any atom is 0.192 e. The molecule has 98 valence electrons. The average molecular weight is 266 g/mol. The van der Waals surface area contributed by atoms with Crippen LogP contribution in [-0.2, 0) is 9.84 Å². The van der Waals surface area contributed by atoms with Crippen LogP contribution in [0.2, 0.25) is 0 Å². The molecule has 3 unspecified atom stereocenters. The van der Waals surface area contributed by atoms with E-state index in [0.717, 1.165) is 17.5 Å². The van der Waals surface area contributed by atoms with Gasteiger partial charge < -0.3 is 5.32 Å². The van der Waals surface area contributed by atoms with E-state index in [1.807, 2.05) is 6.07 Å². The summed E-state index contributed by atoms with van der Waals surface area (Å²) in [6, 6.07) is 3.94. The van der Waals surface area contributed by atoms with Crippen molar-refractivity contribution in [2.75, 3.05) is 11.6 Å². The first-order valence-corrected chi connectivity index (χ1v) is 8.34. The van der Waals surface area contributed by atoms with Gasteiger partial charge in [0.15, 0.2) is 14.9 Å². The van der Waals surface area contributed by atoms with Crippen molar-refractivity contribution in [1.82, 2.24) is 4.98 Å². The lowest BCUT2D eigenvalue weighted by Crippen LogP contribution is -2.25. The van der Waals surface area contributed by atoms with Gasteiger partial charge in [-0.15, -0.1) is 0 Å². The van der Waals surface area contributed by atoms with Crippen molar-refractivity contribution < 1.29 is 8.42 Å². The third-order valence-corrected chi connectivity index (χ3v) is 5.21. The number of pyridine rings is 1. The van der Waals surface area contributed by atoms with Gasteiger partial charge in [0.25, 0.3) is 0 Å². The highest BCUT2D eigenvalue weighted by molar-refractivity contribution is 7.90. The molecule has 2 saturated carbocycles. The van der Waals surface area contributed by atoms with Gasteiger partial charge in [-0.2, -0.15) is 0 Å². The molecule has 0 radical (unpaired) electrons. The largest absolute Gasteiger partial charge is 0.381 e. The van der Waals surface area contributed by atoms with Crippen LogP contribution in [0.3, 0.4) is 0 Å². The van der Waals surface area contributed by atoms with Gasteiger partial charge in [0.2, 0.25) is 0 Å². The van der Waals surface area contributed by atoms with Gasteiger partial charge in [-0.05, 0) is 43.2 Å². The van der Waals surface area contributed by atoms with Crippen LogP contribution in [0, 0.1) is 11.8 Å². The predicted molar refractivity (Wildman–Crippen MR) is 70.2 cm³/mol. The van der Waals surface area contributed by atoms with Crippen LogP contribution >= 0.6 is 0 Å². The number of hydrogen-bond acceptors (Lipinski definition) is 4. The van der Waals surface area contributed by atoms with E-state index in [1.165, 1.54) is 31.9 Å². The highest BCUT2D eigenvalue weighted by atomic mass is 32.2. The van der Waals surface area contributed by atoms with Gasteiger partial charge in [0, 0.05) is 12.3 Å². The Morgan fingerprint density at radius 1 is 1.28 bits per heavy atom. The second kappa shape index (κ2) is 4.23. The molecule has 0 amide bonds. The maximum atomic E-state index is 11.3. The number of hydrogen-bond donors (Lipinski definition) is 1. The molecule has 3 atom stereocenters. The van der Waals surface area contributed by atoms with E-state index in [9.17, 15) is 8.42 Å². The predicted octanol–water partition coefficient (Wildman–Crippen LogP) is 2.09. The molecule has 0 aliphatic heterocycles. The molecule has 0 spiro atoms. The molecule has 0 saturated heterocycles. The highest BCUT2D eigenvalue weighted by Gasteiger charge is 2.39. The molecule has 1 aromatic heterocycles. The van der Waals surface area contributed by atoms with Gasteiger partial charge in [0.1, 0.15) is 0 Å². The third kappa shape index (κ3) is 2.23. The lowest BCUT2D eigenvalue weighted by molar-refractivity contribution is 0.439. The van der Waals surface area contributed by atoms with E-state index in [0.29, 0.717) is 6.04 Å². The van der Waals surface area contributed by atoms with Gasteiger partial charge >= 0.3 is 0 Å². The molecule has 1 N–H and O–H groups in total. The molecule has 3 rings (SSSR count). The highest BCUT2D eigenvalue weighted by Crippen LogP contribution is 2.45. The van der Waals surface area contributed by atoms with Crippen LogP contribution in [0.15, 0.2) is 23.4 Å². The smallest absolute Gasteiger partial charge is 0.192 e. The van der Waals surface area contributed by atoms with Crippen molar-refractivity contribution in [2.45, 2.75) is 36.8 Å². The summed E-state index contributed by atoms with van der Waals surface area (Å²) in [5.41, 5.74) is 0.931. The maximum absolute atomic E-state index is 11.3. The van der Waals surface area contributed by atoms with Crippen LogP contribution < -0.4 is 5.32 Å². The second-order valence-electron chi connectivity index (χ2n) is 5.58. The molecule has 5 heteroatoms. The summed E-state index contributed by atoms with van der Waals surface area (Å²) in [7, 11) is -3.19.